The Kier molecular flexibility index (Phi) is 7.35. The standard InChI is InChI=1S/C24H25ClFN5OS/c1-16-6-7-17(2)20(14-16)30-10-12-31(13-11-30)21-8-9-27-24(29-21)33-15-22(32)28-19-5-3-4-18(25)23(19)26/h3-9,14H,10-13,15H2,1-2H3,(H,28,32). The third-order valence-electron chi connectivity index (χ3n) is 5.49. The number of rotatable bonds is 6. The van der Waals surface area contributed by atoms with Crippen LogP contribution in [0.2, 0.25) is 5.02 Å². The monoisotopic (exact) mass is 485 g/mol. The zero-order valence-electron chi connectivity index (χ0n) is 18.5. The first-order valence-corrected chi connectivity index (χ1v) is 12.0. The number of hydrogen-bond donors (Lipinski definition) is 1. The summed E-state index contributed by atoms with van der Waals surface area (Å²) in [6, 6.07) is 12.9. The van der Waals surface area contributed by atoms with Crippen LogP contribution in [0.5, 0.6) is 0 Å². The molecule has 4 rings (SSSR count). The highest BCUT2D eigenvalue weighted by Crippen LogP contribution is 2.25. The molecule has 2 aromatic carbocycles. The number of thioether (sulfide) groups is 1. The highest BCUT2D eigenvalue weighted by Gasteiger charge is 2.20. The van der Waals surface area contributed by atoms with Crippen LogP contribution in [0, 0.1) is 19.7 Å². The van der Waals surface area contributed by atoms with E-state index < -0.39 is 5.82 Å². The molecule has 0 saturated carbocycles. The lowest BCUT2D eigenvalue weighted by atomic mass is 10.1. The van der Waals surface area contributed by atoms with Crippen LogP contribution in [0.3, 0.4) is 0 Å². The van der Waals surface area contributed by atoms with Gasteiger partial charge in [0.25, 0.3) is 0 Å². The highest BCUT2D eigenvalue weighted by molar-refractivity contribution is 7.99. The molecule has 1 saturated heterocycles. The predicted molar refractivity (Wildman–Crippen MR) is 133 cm³/mol. The van der Waals surface area contributed by atoms with Crippen molar-refractivity contribution in [2.24, 2.45) is 0 Å². The van der Waals surface area contributed by atoms with Crippen molar-refractivity contribution < 1.29 is 9.18 Å². The zero-order valence-corrected chi connectivity index (χ0v) is 20.1. The Labute approximate surface area is 202 Å². The summed E-state index contributed by atoms with van der Waals surface area (Å²) in [6.45, 7) is 7.78. The van der Waals surface area contributed by atoms with Crippen LogP contribution in [0.4, 0.5) is 21.6 Å². The van der Waals surface area contributed by atoms with Gasteiger partial charge in [-0.3, -0.25) is 4.79 Å². The number of halogens is 2. The van der Waals surface area contributed by atoms with Gasteiger partial charge in [-0.1, -0.05) is 41.6 Å². The number of piperazine rings is 1. The van der Waals surface area contributed by atoms with Gasteiger partial charge >= 0.3 is 0 Å². The van der Waals surface area contributed by atoms with E-state index in [9.17, 15) is 9.18 Å². The normalized spacial score (nSPS) is 13.8. The molecule has 1 aromatic heterocycles. The average molecular weight is 486 g/mol. The number of aryl methyl sites for hydroxylation is 2. The summed E-state index contributed by atoms with van der Waals surface area (Å²) >= 11 is 6.97. The van der Waals surface area contributed by atoms with Crippen LogP contribution in [-0.2, 0) is 4.79 Å². The molecule has 0 spiro atoms. The van der Waals surface area contributed by atoms with Gasteiger partial charge < -0.3 is 15.1 Å². The Morgan fingerprint density at radius 2 is 1.88 bits per heavy atom. The third kappa shape index (κ3) is 5.75. The van der Waals surface area contributed by atoms with Gasteiger partial charge in [-0.15, -0.1) is 0 Å². The van der Waals surface area contributed by atoms with Crippen molar-refractivity contribution in [3.8, 4) is 0 Å². The molecule has 6 nitrogen and oxygen atoms in total. The molecule has 0 unspecified atom stereocenters. The minimum Gasteiger partial charge on any atom is -0.368 e. The van der Waals surface area contributed by atoms with Crippen molar-refractivity contribution in [2.45, 2.75) is 19.0 Å². The minimum absolute atomic E-state index is 0.0332. The second kappa shape index (κ2) is 10.4. The van der Waals surface area contributed by atoms with Gasteiger partial charge in [0.05, 0.1) is 16.5 Å². The molecular weight excluding hydrogens is 461 g/mol. The summed E-state index contributed by atoms with van der Waals surface area (Å²) in [7, 11) is 0. The molecule has 0 radical (unpaired) electrons. The van der Waals surface area contributed by atoms with Crippen LogP contribution >= 0.6 is 23.4 Å². The predicted octanol–water partition coefficient (Wildman–Crippen LogP) is 4.94. The Morgan fingerprint density at radius 1 is 1.12 bits per heavy atom. The van der Waals surface area contributed by atoms with Crippen molar-refractivity contribution in [3.63, 3.8) is 0 Å². The lowest BCUT2D eigenvalue weighted by Crippen LogP contribution is -2.47. The van der Waals surface area contributed by atoms with Gasteiger partial charge in [-0.2, -0.15) is 0 Å². The molecule has 1 amide bonds. The summed E-state index contributed by atoms with van der Waals surface area (Å²) in [5.74, 6) is -0.0852. The van der Waals surface area contributed by atoms with Crippen molar-refractivity contribution in [1.82, 2.24) is 9.97 Å². The summed E-state index contributed by atoms with van der Waals surface area (Å²) in [5.41, 5.74) is 3.89. The van der Waals surface area contributed by atoms with Crippen LogP contribution < -0.4 is 15.1 Å². The molecule has 1 N–H and O–H groups in total. The second-order valence-corrected chi connectivity index (χ2v) is 9.25. The highest BCUT2D eigenvalue weighted by atomic mass is 35.5. The number of nitrogens with one attached hydrogen (secondary N) is 1. The van der Waals surface area contributed by atoms with Gasteiger partial charge in [0.15, 0.2) is 11.0 Å². The van der Waals surface area contributed by atoms with E-state index in [1.165, 1.54) is 40.7 Å². The Hall–Kier alpha value is -2.84. The third-order valence-corrected chi connectivity index (χ3v) is 6.64. The first-order chi connectivity index (χ1) is 15.9. The summed E-state index contributed by atoms with van der Waals surface area (Å²) < 4.78 is 14.0. The van der Waals surface area contributed by atoms with E-state index in [1.807, 2.05) is 6.07 Å². The van der Waals surface area contributed by atoms with E-state index >= 15 is 0 Å². The molecule has 1 fully saturated rings. The van der Waals surface area contributed by atoms with Crippen LogP contribution in [0.1, 0.15) is 11.1 Å². The van der Waals surface area contributed by atoms with Gasteiger partial charge in [-0.25, -0.2) is 14.4 Å². The number of hydrogen-bond acceptors (Lipinski definition) is 6. The topological polar surface area (TPSA) is 61.4 Å². The maximum absolute atomic E-state index is 14.0. The van der Waals surface area contributed by atoms with E-state index in [-0.39, 0.29) is 22.4 Å². The quantitative estimate of drug-likeness (QED) is 0.394. The minimum atomic E-state index is -0.643. The number of aromatic nitrogens is 2. The van der Waals surface area contributed by atoms with Crippen molar-refractivity contribution in [2.75, 3.05) is 47.0 Å². The Balaban J connectivity index is 1.33. The Morgan fingerprint density at radius 3 is 2.67 bits per heavy atom. The van der Waals surface area contributed by atoms with E-state index in [2.05, 4.69) is 57.1 Å². The summed E-state index contributed by atoms with van der Waals surface area (Å²) in [5, 5.41) is 3.01. The van der Waals surface area contributed by atoms with E-state index in [0.29, 0.717) is 5.16 Å². The molecule has 1 aliphatic heterocycles. The maximum atomic E-state index is 14.0. The lowest BCUT2D eigenvalue weighted by molar-refractivity contribution is -0.113. The zero-order chi connectivity index (χ0) is 23.4. The number of anilines is 3. The van der Waals surface area contributed by atoms with Gasteiger partial charge in [0.1, 0.15) is 5.82 Å². The van der Waals surface area contributed by atoms with Crippen molar-refractivity contribution >= 4 is 46.5 Å². The summed E-state index contributed by atoms with van der Waals surface area (Å²) in [6.07, 6.45) is 1.70. The fourth-order valence-corrected chi connectivity index (χ4v) is 4.53. The van der Waals surface area contributed by atoms with Crippen LogP contribution in [-0.4, -0.2) is 47.8 Å². The van der Waals surface area contributed by atoms with Crippen molar-refractivity contribution in [1.29, 1.82) is 0 Å². The largest absolute Gasteiger partial charge is 0.368 e. The first-order valence-electron chi connectivity index (χ1n) is 10.7. The number of amides is 1. The molecular formula is C24H25ClFN5OS. The Bertz CT molecular complexity index is 1150. The molecule has 0 atom stereocenters. The lowest BCUT2D eigenvalue weighted by Gasteiger charge is -2.37. The molecule has 172 valence electrons. The molecule has 2 heterocycles. The SMILES string of the molecule is Cc1ccc(C)c(N2CCN(c3ccnc(SCC(=O)Nc4cccc(Cl)c4F)n3)CC2)c1. The van der Waals surface area contributed by atoms with Gasteiger partial charge in [0.2, 0.25) is 5.91 Å². The molecule has 0 aliphatic carbocycles. The molecule has 9 heteroatoms. The van der Waals surface area contributed by atoms with E-state index in [1.54, 1.807) is 12.3 Å². The smallest absolute Gasteiger partial charge is 0.234 e. The van der Waals surface area contributed by atoms with Crippen LogP contribution in [0.15, 0.2) is 53.8 Å². The van der Waals surface area contributed by atoms with E-state index in [4.69, 9.17) is 11.6 Å². The second-order valence-electron chi connectivity index (χ2n) is 7.90. The fraction of sp³-hybridized carbons (Fsp3) is 0.292. The maximum Gasteiger partial charge on any atom is 0.234 e. The summed E-state index contributed by atoms with van der Waals surface area (Å²) in [4.78, 5) is 25.8. The molecule has 33 heavy (non-hydrogen) atoms. The average Bonchev–Trinajstić information content (AvgIpc) is 2.82. The number of carbonyl (C=O) groups is 1. The first kappa shape index (κ1) is 23.3. The van der Waals surface area contributed by atoms with Gasteiger partial charge in [0, 0.05) is 38.1 Å². The van der Waals surface area contributed by atoms with E-state index in [0.717, 1.165) is 32.0 Å². The number of carbonyl (C=O) groups excluding carboxylic acids is 1. The molecule has 1 aliphatic rings. The van der Waals surface area contributed by atoms with Crippen LogP contribution in [0.25, 0.3) is 0 Å². The number of benzene rings is 2. The molecule has 3 aromatic rings. The number of nitrogens with zero attached hydrogens (tertiary/aromatic N) is 4. The van der Waals surface area contributed by atoms with Crippen molar-refractivity contribution in [3.05, 3.63) is 70.6 Å². The molecule has 0 bridgehead atoms. The fourth-order valence-electron chi connectivity index (χ4n) is 3.73. The van der Waals surface area contributed by atoms with Gasteiger partial charge in [-0.05, 0) is 49.2 Å².